The summed E-state index contributed by atoms with van der Waals surface area (Å²) in [6.45, 7) is 0. The number of ketones is 1. The Kier molecular flexibility index (Phi) is 2.47. The number of rotatable bonds is 4. The number of nitrogens with zero attached hydrogens (tertiary/aromatic N) is 4. The molecule has 0 bridgehead atoms. The van der Waals surface area contributed by atoms with Crippen LogP contribution in [0.5, 0.6) is 0 Å². The van der Waals surface area contributed by atoms with E-state index in [0.29, 0.717) is 5.82 Å². The van der Waals surface area contributed by atoms with Crippen LogP contribution in [0.15, 0.2) is 30.3 Å². The molecule has 0 saturated heterocycles. The van der Waals surface area contributed by atoms with E-state index < -0.39 is 0 Å². The number of carbonyl (C=O) groups is 1. The van der Waals surface area contributed by atoms with Crippen LogP contribution in [0.25, 0.3) is 0 Å². The van der Waals surface area contributed by atoms with Crippen molar-refractivity contribution in [2.75, 3.05) is 0 Å². The zero-order chi connectivity index (χ0) is 12.6. The minimum Gasteiger partial charge on any atom is -0.298 e. The number of carbonyl (C=O) groups excluding carboxylic acids is 1. The summed E-state index contributed by atoms with van der Waals surface area (Å²) in [5, 5.41) is 11.7. The zero-order valence-corrected chi connectivity index (χ0v) is 10.2. The first kappa shape index (κ1) is 11.1. The van der Waals surface area contributed by atoms with Crippen LogP contribution in [0.2, 0.25) is 0 Å². The molecular weight excluding hydrogens is 228 g/mol. The first-order valence-electron chi connectivity index (χ1n) is 6.02. The van der Waals surface area contributed by atoms with Crippen LogP contribution in [-0.4, -0.2) is 26.0 Å². The average molecular weight is 242 g/mol. The number of tetrazole rings is 1. The van der Waals surface area contributed by atoms with Crippen LogP contribution in [-0.2, 0) is 23.7 Å². The molecule has 0 radical (unpaired) electrons. The Balaban J connectivity index is 1.81. The molecule has 1 aromatic heterocycles. The lowest BCUT2D eigenvalue weighted by molar-refractivity contribution is -0.120. The Hall–Kier alpha value is -2.04. The van der Waals surface area contributed by atoms with Gasteiger partial charge in [-0.25, -0.2) is 0 Å². The molecule has 1 heterocycles. The highest BCUT2D eigenvalue weighted by Gasteiger charge is 2.50. The molecule has 0 spiro atoms. The number of Topliss-reactive ketones (excluding diaryl/α,β-unsaturated/α-hetero) is 1. The molecular formula is C13H14N4O. The van der Waals surface area contributed by atoms with Crippen molar-refractivity contribution in [1.82, 2.24) is 20.2 Å². The first-order valence-corrected chi connectivity index (χ1v) is 6.02. The Bertz CT molecular complexity index is 572. The van der Waals surface area contributed by atoms with Gasteiger partial charge in [0, 0.05) is 0 Å². The molecule has 92 valence electrons. The van der Waals surface area contributed by atoms with E-state index in [0.717, 1.165) is 18.4 Å². The second kappa shape index (κ2) is 4.01. The van der Waals surface area contributed by atoms with Gasteiger partial charge in [-0.05, 0) is 23.6 Å². The van der Waals surface area contributed by atoms with Crippen molar-refractivity contribution in [2.24, 2.45) is 7.05 Å². The predicted molar refractivity (Wildman–Crippen MR) is 64.9 cm³/mol. The van der Waals surface area contributed by atoms with E-state index in [1.807, 2.05) is 30.3 Å². The molecule has 2 aromatic rings. The SMILES string of the molecule is Cn1nnc(CC(=O)C2(c3ccccc3)CC2)n1. The lowest BCUT2D eigenvalue weighted by atomic mass is 9.89. The van der Waals surface area contributed by atoms with Crippen LogP contribution in [0.1, 0.15) is 24.2 Å². The summed E-state index contributed by atoms with van der Waals surface area (Å²) < 4.78 is 0. The van der Waals surface area contributed by atoms with Gasteiger partial charge in [0.25, 0.3) is 0 Å². The molecule has 0 N–H and O–H groups in total. The average Bonchev–Trinajstić information content (AvgIpc) is 3.10. The third kappa shape index (κ3) is 1.81. The maximum atomic E-state index is 12.4. The van der Waals surface area contributed by atoms with Crippen molar-refractivity contribution in [3.8, 4) is 0 Å². The van der Waals surface area contributed by atoms with Crippen LogP contribution >= 0.6 is 0 Å². The van der Waals surface area contributed by atoms with Gasteiger partial charge in [-0.15, -0.1) is 10.2 Å². The molecule has 0 amide bonds. The summed E-state index contributed by atoms with van der Waals surface area (Å²) in [5.74, 6) is 0.700. The summed E-state index contributed by atoms with van der Waals surface area (Å²) in [7, 11) is 1.70. The van der Waals surface area contributed by atoms with Crippen molar-refractivity contribution in [3.63, 3.8) is 0 Å². The topological polar surface area (TPSA) is 60.7 Å². The van der Waals surface area contributed by atoms with Gasteiger partial charge < -0.3 is 0 Å². The lowest BCUT2D eigenvalue weighted by Crippen LogP contribution is -2.23. The fourth-order valence-corrected chi connectivity index (χ4v) is 2.32. The van der Waals surface area contributed by atoms with Crippen LogP contribution in [0.4, 0.5) is 0 Å². The smallest absolute Gasteiger partial charge is 0.182 e. The maximum Gasteiger partial charge on any atom is 0.182 e. The second-order valence-corrected chi connectivity index (χ2v) is 4.74. The Labute approximate surface area is 105 Å². The van der Waals surface area contributed by atoms with Gasteiger partial charge in [-0.3, -0.25) is 4.79 Å². The van der Waals surface area contributed by atoms with E-state index in [9.17, 15) is 4.79 Å². The molecule has 1 aliphatic carbocycles. The number of aryl methyl sites for hydroxylation is 1. The highest BCUT2D eigenvalue weighted by molar-refractivity contribution is 5.94. The van der Waals surface area contributed by atoms with Gasteiger partial charge in [0.05, 0.1) is 18.9 Å². The van der Waals surface area contributed by atoms with Crippen molar-refractivity contribution in [2.45, 2.75) is 24.7 Å². The quantitative estimate of drug-likeness (QED) is 0.804. The highest BCUT2D eigenvalue weighted by atomic mass is 16.1. The summed E-state index contributed by atoms with van der Waals surface area (Å²) in [6.07, 6.45) is 2.12. The molecule has 5 heteroatoms. The predicted octanol–water partition coefficient (Wildman–Crippen LogP) is 1.05. The minimum absolute atomic E-state index is 0.196. The van der Waals surface area contributed by atoms with Gasteiger partial charge in [0.1, 0.15) is 0 Å². The molecule has 0 atom stereocenters. The first-order chi connectivity index (χ1) is 8.71. The summed E-state index contributed by atoms with van der Waals surface area (Å²) in [5.41, 5.74) is 0.819. The Morgan fingerprint density at radius 2 is 2.06 bits per heavy atom. The zero-order valence-electron chi connectivity index (χ0n) is 10.2. The van der Waals surface area contributed by atoms with Gasteiger partial charge in [0.15, 0.2) is 11.6 Å². The number of benzene rings is 1. The molecule has 5 nitrogen and oxygen atoms in total. The van der Waals surface area contributed by atoms with Crippen molar-refractivity contribution in [3.05, 3.63) is 41.7 Å². The number of aromatic nitrogens is 4. The van der Waals surface area contributed by atoms with Gasteiger partial charge >= 0.3 is 0 Å². The van der Waals surface area contributed by atoms with E-state index in [4.69, 9.17) is 0 Å². The van der Waals surface area contributed by atoms with E-state index in [-0.39, 0.29) is 17.6 Å². The lowest BCUT2D eigenvalue weighted by Gasteiger charge is -2.12. The third-order valence-corrected chi connectivity index (χ3v) is 3.48. The van der Waals surface area contributed by atoms with Gasteiger partial charge in [0.2, 0.25) is 0 Å². The Morgan fingerprint density at radius 1 is 1.33 bits per heavy atom. The molecule has 3 rings (SSSR count). The summed E-state index contributed by atoms with van der Waals surface area (Å²) >= 11 is 0. The van der Waals surface area contributed by atoms with E-state index in [2.05, 4.69) is 15.4 Å². The molecule has 1 aromatic carbocycles. The molecule has 1 aliphatic rings. The van der Waals surface area contributed by atoms with E-state index >= 15 is 0 Å². The van der Waals surface area contributed by atoms with Crippen molar-refractivity contribution < 1.29 is 4.79 Å². The normalized spacial score (nSPS) is 16.5. The number of hydrogen-bond acceptors (Lipinski definition) is 4. The largest absolute Gasteiger partial charge is 0.298 e. The third-order valence-electron chi connectivity index (χ3n) is 3.48. The highest BCUT2D eigenvalue weighted by Crippen LogP contribution is 2.49. The van der Waals surface area contributed by atoms with Crippen LogP contribution < -0.4 is 0 Å². The van der Waals surface area contributed by atoms with E-state index in [1.165, 1.54) is 4.80 Å². The number of hydrogen-bond donors (Lipinski definition) is 0. The fourth-order valence-electron chi connectivity index (χ4n) is 2.32. The molecule has 1 saturated carbocycles. The molecule has 1 fully saturated rings. The van der Waals surface area contributed by atoms with Crippen LogP contribution in [0.3, 0.4) is 0 Å². The minimum atomic E-state index is -0.291. The Morgan fingerprint density at radius 3 is 2.61 bits per heavy atom. The van der Waals surface area contributed by atoms with Gasteiger partial charge in [-0.1, -0.05) is 30.3 Å². The molecule has 0 unspecified atom stereocenters. The van der Waals surface area contributed by atoms with Crippen LogP contribution in [0, 0.1) is 0 Å². The van der Waals surface area contributed by atoms with Crippen molar-refractivity contribution in [1.29, 1.82) is 0 Å². The molecule has 18 heavy (non-hydrogen) atoms. The fraction of sp³-hybridized carbons (Fsp3) is 0.385. The molecule has 0 aliphatic heterocycles. The van der Waals surface area contributed by atoms with Crippen molar-refractivity contribution >= 4 is 5.78 Å². The van der Waals surface area contributed by atoms with Gasteiger partial charge in [-0.2, -0.15) is 4.80 Å². The standard InChI is InChI=1S/C13H14N4O/c1-17-15-12(14-16-17)9-11(18)13(7-8-13)10-5-3-2-4-6-10/h2-6H,7-9H2,1H3. The maximum absolute atomic E-state index is 12.4. The second-order valence-electron chi connectivity index (χ2n) is 4.74. The summed E-state index contributed by atoms with van der Waals surface area (Å²) in [6, 6.07) is 9.96. The summed E-state index contributed by atoms with van der Waals surface area (Å²) in [4.78, 5) is 13.8. The van der Waals surface area contributed by atoms with E-state index in [1.54, 1.807) is 7.05 Å². The monoisotopic (exact) mass is 242 g/mol.